The van der Waals surface area contributed by atoms with Crippen molar-refractivity contribution in [2.45, 2.75) is 25.2 Å². The van der Waals surface area contributed by atoms with Crippen LogP contribution < -0.4 is 0 Å². The number of rotatable bonds is 9. The van der Waals surface area contributed by atoms with Gasteiger partial charge in [0.25, 0.3) is 10.1 Å². The minimum absolute atomic E-state index is 0.157. The van der Waals surface area contributed by atoms with Crippen molar-refractivity contribution in [3.63, 3.8) is 0 Å². The fourth-order valence-electron chi connectivity index (χ4n) is 3.39. The van der Waals surface area contributed by atoms with Gasteiger partial charge in [0.2, 0.25) is 0 Å². The van der Waals surface area contributed by atoms with E-state index in [-0.39, 0.29) is 6.42 Å². The molecular formula is C23H25NO4S. The lowest BCUT2D eigenvalue weighted by atomic mass is 9.96. The maximum absolute atomic E-state index is 11.8. The molecule has 1 unspecified atom stereocenters. The van der Waals surface area contributed by atoms with Gasteiger partial charge in [0.05, 0.1) is 5.75 Å². The van der Waals surface area contributed by atoms with E-state index in [1.807, 2.05) is 71.6 Å². The fourth-order valence-corrected chi connectivity index (χ4v) is 3.93. The number of aliphatic hydroxyl groups is 1. The standard InChI is InChI=1S/C23H25NO4S/c25-23(16-17-29(26,27)28,22-14-8-3-9-15-22)24(18-20-10-4-1-5-11-20)19-21-12-6-2-7-13-21/h1-15,25H,16-19H2,(H,26,27,28). The summed E-state index contributed by atoms with van der Waals surface area (Å²) in [5, 5.41) is 11.8. The molecule has 0 heterocycles. The van der Waals surface area contributed by atoms with Crippen LogP contribution >= 0.6 is 0 Å². The number of hydrogen-bond acceptors (Lipinski definition) is 4. The third-order valence-electron chi connectivity index (χ3n) is 4.90. The summed E-state index contributed by atoms with van der Waals surface area (Å²) >= 11 is 0. The molecule has 0 amide bonds. The molecule has 0 saturated carbocycles. The zero-order valence-corrected chi connectivity index (χ0v) is 16.9. The van der Waals surface area contributed by atoms with Crippen LogP contribution in [0.2, 0.25) is 0 Å². The molecule has 29 heavy (non-hydrogen) atoms. The lowest BCUT2D eigenvalue weighted by Gasteiger charge is -2.40. The van der Waals surface area contributed by atoms with Crippen LogP contribution in [-0.4, -0.2) is 28.7 Å². The molecule has 0 saturated heterocycles. The van der Waals surface area contributed by atoms with Gasteiger partial charge in [0.15, 0.2) is 0 Å². The second kappa shape index (κ2) is 9.33. The predicted molar refractivity (Wildman–Crippen MR) is 114 cm³/mol. The normalized spacial score (nSPS) is 13.9. The zero-order chi connectivity index (χ0) is 20.7. The highest BCUT2D eigenvalue weighted by Crippen LogP contribution is 2.33. The Labute approximate surface area is 172 Å². The third kappa shape index (κ3) is 5.98. The molecular weight excluding hydrogens is 386 g/mol. The molecule has 6 heteroatoms. The summed E-state index contributed by atoms with van der Waals surface area (Å²) in [4.78, 5) is 1.85. The topological polar surface area (TPSA) is 77.8 Å². The summed E-state index contributed by atoms with van der Waals surface area (Å²) < 4.78 is 32.3. The van der Waals surface area contributed by atoms with Crippen molar-refractivity contribution in [1.82, 2.24) is 4.90 Å². The van der Waals surface area contributed by atoms with Gasteiger partial charge >= 0.3 is 0 Å². The first-order valence-corrected chi connectivity index (χ1v) is 11.0. The van der Waals surface area contributed by atoms with Gasteiger partial charge < -0.3 is 5.11 Å². The Kier molecular flexibility index (Phi) is 6.82. The largest absolute Gasteiger partial charge is 0.371 e. The van der Waals surface area contributed by atoms with Gasteiger partial charge in [0.1, 0.15) is 5.72 Å². The Hall–Kier alpha value is -2.51. The SMILES string of the molecule is O=S(=O)(O)CCC(O)(c1ccccc1)N(Cc1ccccc1)Cc1ccccc1. The van der Waals surface area contributed by atoms with Crippen LogP contribution in [0.1, 0.15) is 23.1 Å². The Morgan fingerprint density at radius 3 is 1.55 bits per heavy atom. The van der Waals surface area contributed by atoms with Crippen molar-refractivity contribution in [3.8, 4) is 0 Å². The molecule has 1 atom stereocenters. The Morgan fingerprint density at radius 2 is 1.14 bits per heavy atom. The lowest BCUT2D eigenvalue weighted by molar-refractivity contribution is -0.129. The Bertz CT molecular complexity index is 953. The van der Waals surface area contributed by atoms with Crippen LogP contribution in [-0.2, 0) is 28.9 Å². The van der Waals surface area contributed by atoms with Crippen LogP contribution in [0.4, 0.5) is 0 Å². The van der Waals surface area contributed by atoms with E-state index in [4.69, 9.17) is 0 Å². The van der Waals surface area contributed by atoms with Crippen LogP contribution in [0, 0.1) is 0 Å². The Balaban J connectivity index is 2.02. The predicted octanol–water partition coefficient (Wildman–Crippen LogP) is 3.81. The average Bonchev–Trinajstić information content (AvgIpc) is 2.73. The van der Waals surface area contributed by atoms with E-state index in [0.29, 0.717) is 18.7 Å². The minimum atomic E-state index is -4.23. The van der Waals surface area contributed by atoms with Crippen molar-refractivity contribution in [2.24, 2.45) is 0 Å². The molecule has 0 fully saturated rings. The fraction of sp³-hybridized carbons (Fsp3) is 0.217. The first-order valence-electron chi connectivity index (χ1n) is 9.43. The molecule has 0 aliphatic carbocycles. The number of nitrogens with zero attached hydrogens (tertiary/aromatic N) is 1. The van der Waals surface area contributed by atoms with Gasteiger partial charge in [0, 0.05) is 19.5 Å². The van der Waals surface area contributed by atoms with Crippen molar-refractivity contribution in [2.75, 3.05) is 5.75 Å². The summed E-state index contributed by atoms with van der Waals surface area (Å²) in [6.45, 7) is 0.819. The molecule has 3 rings (SSSR count). The van der Waals surface area contributed by atoms with E-state index >= 15 is 0 Å². The highest BCUT2D eigenvalue weighted by Gasteiger charge is 2.37. The molecule has 0 aliphatic rings. The summed E-state index contributed by atoms with van der Waals surface area (Å²) in [6.07, 6.45) is -0.157. The molecule has 0 aromatic heterocycles. The van der Waals surface area contributed by atoms with Crippen molar-refractivity contribution < 1.29 is 18.1 Å². The van der Waals surface area contributed by atoms with Gasteiger partial charge in [-0.2, -0.15) is 8.42 Å². The van der Waals surface area contributed by atoms with E-state index in [0.717, 1.165) is 11.1 Å². The quantitative estimate of drug-likeness (QED) is 0.414. The molecule has 3 aromatic rings. The second-order valence-corrected chi connectivity index (χ2v) is 8.62. The summed E-state index contributed by atoms with van der Waals surface area (Å²) in [5.41, 5.74) is 0.979. The van der Waals surface area contributed by atoms with Gasteiger partial charge in [-0.1, -0.05) is 91.0 Å². The van der Waals surface area contributed by atoms with Gasteiger partial charge in [-0.25, -0.2) is 0 Å². The smallest absolute Gasteiger partial charge is 0.265 e. The molecule has 0 spiro atoms. The molecule has 0 aliphatic heterocycles. The Morgan fingerprint density at radius 1 is 0.724 bits per heavy atom. The first kappa shape index (κ1) is 21.2. The third-order valence-corrected chi connectivity index (χ3v) is 5.62. The minimum Gasteiger partial charge on any atom is -0.371 e. The highest BCUT2D eigenvalue weighted by molar-refractivity contribution is 7.85. The number of benzene rings is 3. The maximum Gasteiger partial charge on any atom is 0.265 e. The first-order chi connectivity index (χ1) is 13.9. The average molecular weight is 412 g/mol. The molecule has 0 radical (unpaired) electrons. The maximum atomic E-state index is 11.8. The summed E-state index contributed by atoms with van der Waals surface area (Å²) in [7, 11) is -4.23. The van der Waals surface area contributed by atoms with Crippen molar-refractivity contribution in [1.29, 1.82) is 0 Å². The molecule has 5 nitrogen and oxygen atoms in total. The van der Waals surface area contributed by atoms with Crippen LogP contribution in [0.5, 0.6) is 0 Å². The summed E-state index contributed by atoms with van der Waals surface area (Å²) in [6, 6.07) is 28.4. The van der Waals surface area contributed by atoms with E-state index in [1.165, 1.54) is 0 Å². The molecule has 3 aromatic carbocycles. The molecule has 2 N–H and O–H groups in total. The van der Waals surface area contributed by atoms with E-state index in [1.54, 1.807) is 24.3 Å². The van der Waals surface area contributed by atoms with E-state index in [9.17, 15) is 18.1 Å². The monoisotopic (exact) mass is 411 g/mol. The van der Waals surface area contributed by atoms with E-state index in [2.05, 4.69) is 0 Å². The van der Waals surface area contributed by atoms with Gasteiger partial charge in [-0.15, -0.1) is 0 Å². The molecule has 152 valence electrons. The van der Waals surface area contributed by atoms with Crippen LogP contribution in [0.25, 0.3) is 0 Å². The van der Waals surface area contributed by atoms with Crippen molar-refractivity contribution >= 4 is 10.1 Å². The van der Waals surface area contributed by atoms with Crippen LogP contribution in [0.3, 0.4) is 0 Å². The highest BCUT2D eigenvalue weighted by atomic mass is 32.2. The summed E-state index contributed by atoms with van der Waals surface area (Å²) in [5.74, 6) is -0.543. The van der Waals surface area contributed by atoms with Crippen LogP contribution in [0.15, 0.2) is 91.0 Å². The van der Waals surface area contributed by atoms with Gasteiger partial charge in [-0.05, 0) is 16.7 Å². The second-order valence-electron chi connectivity index (χ2n) is 7.05. The molecule has 0 bridgehead atoms. The zero-order valence-electron chi connectivity index (χ0n) is 16.1. The number of hydrogen-bond donors (Lipinski definition) is 2. The van der Waals surface area contributed by atoms with Gasteiger partial charge in [-0.3, -0.25) is 9.45 Å². The lowest BCUT2D eigenvalue weighted by Crippen LogP contribution is -2.46. The van der Waals surface area contributed by atoms with E-state index < -0.39 is 21.6 Å². The van der Waals surface area contributed by atoms with Crippen molar-refractivity contribution in [3.05, 3.63) is 108 Å².